The molecule has 0 aromatic rings. The molecule has 0 heterocycles. The second-order valence-electron chi connectivity index (χ2n) is 1.15. The third-order valence-electron chi connectivity index (χ3n) is 0.560. The molecule has 0 aliphatic carbocycles. The van der Waals surface area contributed by atoms with Gasteiger partial charge in [0, 0.05) is 4.43 Å². The highest BCUT2D eigenvalue weighted by Gasteiger charge is 1.74. The molecule has 1 nitrogen and oxygen atoms in total. The SMILES string of the molecule is CNCCCI. The number of hydrogen-bond donors (Lipinski definition) is 1. The van der Waals surface area contributed by atoms with Gasteiger partial charge in [0.1, 0.15) is 0 Å². The molecular formula is C4H10IN. The van der Waals surface area contributed by atoms with E-state index in [0.717, 1.165) is 6.54 Å². The van der Waals surface area contributed by atoms with E-state index in [9.17, 15) is 0 Å². The van der Waals surface area contributed by atoms with Crippen LogP contribution in [0.4, 0.5) is 0 Å². The summed E-state index contributed by atoms with van der Waals surface area (Å²) in [6, 6.07) is 0. The molecule has 0 aromatic carbocycles. The molecule has 0 saturated heterocycles. The van der Waals surface area contributed by atoms with E-state index < -0.39 is 0 Å². The topological polar surface area (TPSA) is 12.0 Å². The Bertz CT molecular complexity index is 19.5. The first-order chi connectivity index (χ1) is 2.91. The number of alkyl halides is 1. The van der Waals surface area contributed by atoms with Gasteiger partial charge in [-0.15, -0.1) is 0 Å². The van der Waals surface area contributed by atoms with E-state index in [0.29, 0.717) is 0 Å². The molecule has 0 unspecified atom stereocenters. The predicted octanol–water partition coefficient (Wildman–Crippen LogP) is 1.03. The molecule has 0 bridgehead atoms. The number of nitrogens with one attached hydrogen (secondary N) is 1. The van der Waals surface area contributed by atoms with Crippen molar-refractivity contribution in [3.63, 3.8) is 0 Å². The minimum atomic E-state index is 1.16. The van der Waals surface area contributed by atoms with E-state index in [1.54, 1.807) is 0 Å². The first kappa shape index (κ1) is 6.69. The lowest BCUT2D eigenvalue weighted by atomic mass is 10.5. The van der Waals surface area contributed by atoms with Gasteiger partial charge in [-0.1, -0.05) is 22.6 Å². The van der Waals surface area contributed by atoms with E-state index in [2.05, 4.69) is 27.9 Å². The van der Waals surface area contributed by atoms with Crippen molar-refractivity contribution in [1.82, 2.24) is 5.32 Å². The maximum absolute atomic E-state index is 3.06. The Morgan fingerprint density at radius 1 is 1.67 bits per heavy atom. The maximum atomic E-state index is 3.06. The Balaban J connectivity index is 2.34. The Morgan fingerprint density at radius 2 is 2.33 bits per heavy atom. The summed E-state index contributed by atoms with van der Waals surface area (Å²) in [6.07, 6.45) is 1.29. The van der Waals surface area contributed by atoms with Crippen LogP contribution in [0.25, 0.3) is 0 Å². The van der Waals surface area contributed by atoms with Crippen LogP contribution in [0.3, 0.4) is 0 Å². The second-order valence-corrected chi connectivity index (χ2v) is 2.22. The minimum Gasteiger partial charge on any atom is -0.320 e. The summed E-state index contributed by atoms with van der Waals surface area (Å²) in [4.78, 5) is 0. The van der Waals surface area contributed by atoms with Crippen LogP contribution in [0.5, 0.6) is 0 Å². The Morgan fingerprint density at radius 3 is 2.50 bits per heavy atom. The van der Waals surface area contributed by atoms with Gasteiger partial charge in [-0.05, 0) is 20.0 Å². The molecule has 0 aliphatic heterocycles. The van der Waals surface area contributed by atoms with Gasteiger partial charge in [-0.2, -0.15) is 0 Å². The average molecular weight is 199 g/mol. The first-order valence-electron chi connectivity index (χ1n) is 2.12. The molecule has 0 radical (unpaired) electrons. The quantitative estimate of drug-likeness (QED) is 0.406. The van der Waals surface area contributed by atoms with Crippen LogP contribution in [0.2, 0.25) is 0 Å². The monoisotopic (exact) mass is 199 g/mol. The summed E-state index contributed by atoms with van der Waals surface area (Å²) in [5, 5.41) is 3.06. The van der Waals surface area contributed by atoms with Crippen molar-refractivity contribution in [1.29, 1.82) is 0 Å². The van der Waals surface area contributed by atoms with Gasteiger partial charge in [0.15, 0.2) is 0 Å². The van der Waals surface area contributed by atoms with Gasteiger partial charge < -0.3 is 5.32 Å². The van der Waals surface area contributed by atoms with Crippen molar-refractivity contribution in [3.8, 4) is 0 Å². The fourth-order valence-corrected chi connectivity index (χ4v) is 0.625. The lowest BCUT2D eigenvalue weighted by molar-refractivity contribution is 0.783. The van der Waals surface area contributed by atoms with Gasteiger partial charge in [-0.3, -0.25) is 0 Å². The molecule has 0 spiro atoms. The van der Waals surface area contributed by atoms with Gasteiger partial charge in [0.05, 0.1) is 0 Å². The van der Waals surface area contributed by atoms with Crippen molar-refractivity contribution in [2.45, 2.75) is 6.42 Å². The van der Waals surface area contributed by atoms with Gasteiger partial charge >= 0.3 is 0 Å². The van der Waals surface area contributed by atoms with Crippen molar-refractivity contribution in [2.75, 3.05) is 18.0 Å². The summed E-state index contributed by atoms with van der Waals surface area (Å²) in [5.74, 6) is 0. The molecule has 38 valence electrons. The van der Waals surface area contributed by atoms with Crippen LogP contribution in [-0.2, 0) is 0 Å². The van der Waals surface area contributed by atoms with Crippen molar-refractivity contribution in [3.05, 3.63) is 0 Å². The zero-order valence-corrected chi connectivity index (χ0v) is 6.16. The van der Waals surface area contributed by atoms with Gasteiger partial charge in [0.25, 0.3) is 0 Å². The van der Waals surface area contributed by atoms with Crippen LogP contribution in [-0.4, -0.2) is 18.0 Å². The number of halogens is 1. The molecule has 2 heteroatoms. The Labute approximate surface area is 52.6 Å². The lowest BCUT2D eigenvalue weighted by Crippen LogP contribution is -2.07. The lowest BCUT2D eigenvalue weighted by Gasteiger charge is -1.88. The molecule has 0 aromatic heterocycles. The van der Waals surface area contributed by atoms with Crippen LogP contribution in [0, 0.1) is 0 Å². The Hall–Kier alpha value is 0.690. The zero-order valence-electron chi connectivity index (χ0n) is 4.00. The summed E-state index contributed by atoms with van der Waals surface area (Å²) in [5.41, 5.74) is 0. The molecule has 1 N–H and O–H groups in total. The molecule has 0 fully saturated rings. The minimum absolute atomic E-state index is 1.16. The third kappa shape index (κ3) is 4.69. The standard InChI is InChI=1S/C4H10IN/c1-6-4-2-3-5/h6H,2-4H2,1H3. The average Bonchev–Trinajstić information content (AvgIpc) is 1.61. The number of hydrogen-bond acceptors (Lipinski definition) is 1. The van der Waals surface area contributed by atoms with Gasteiger partial charge in [0.2, 0.25) is 0 Å². The zero-order chi connectivity index (χ0) is 4.83. The molecule has 0 amide bonds. The normalized spacial score (nSPS) is 9.00. The molecule has 0 atom stereocenters. The molecule has 6 heavy (non-hydrogen) atoms. The number of rotatable bonds is 3. The van der Waals surface area contributed by atoms with Crippen molar-refractivity contribution in [2.24, 2.45) is 0 Å². The fourth-order valence-electron chi connectivity index (χ4n) is 0.244. The van der Waals surface area contributed by atoms with Crippen LogP contribution in [0.1, 0.15) is 6.42 Å². The van der Waals surface area contributed by atoms with Crippen molar-refractivity contribution >= 4 is 22.6 Å². The van der Waals surface area contributed by atoms with Crippen LogP contribution < -0.4 is 5.32 Å². The van der Waals surface area contributed by atoms with Crippen LogP contribution >= 0.6 is 22.6 Å². The van der Waals surface area contributed by atoms with E-state index >= 15 is 0 Å². The second kappa shape index (κ2) is 5.69. The highest BCUT2D eigenvalue weighted by atomic mass is 127. The highest BCUT2D eigenvalue weighted by molar-refractivity contribution is 14.1. The molecule has 0 rings (SSSR count). The first-order valence-corrected chi connectivity index (χ1v) is 3.65. The highest BCUT2D eigenvalue weighted by Crippen LogP contribution is 1.83. The summed E-state index contributed by atoms with van der Waals surface area (Å²) >= 11 is 2.37. The van der Waals surface area contributed by atoms with E-state index in [1.807, 2.05) is 7.05 Å². The third-order valence-corrected chi connectivity index (χ3v) is 1.32. The van der Waals surface area contributed by atoms with Crippen molar-refractivity contribution < 1.29 is 0 Å². The summed E-state index contributed by atoms with van der Waals surface area (Å²) < 4.78 is 1.26. The summed E-state index contributed by atoms with van der Waals surface area (Å²) in [7, 11) is 1.98. The smallest absolute Gasteiger partial charge is 0.000735 e. The molecule has 0 saturated carbocycles. The maximum Gasteiger partial charge on any atom is 0.000735 e. The van der Waals surface area contributed by atoms with Crippen LogP contribution in [0.15, 0.2) is 0 Å². The molecular weight excluding hydrogens is 189 g/mol. The molecule has 0 aliphatic rings. The predicted molar refractivity (Wildman–Crippen MR) is 37.4 cm³/mol. The van der Waals surface area contributed by atoms with Gasteiger partial charge in [-0.25, -0.2) is 0 Å². The summed E-state index contributed by atoms with van der Waals surface area (Å²) in [6.45, 7) is 1.16. The fraction of sp³-hybridized carbons (Fsp3) is 1.00. The Kier molecular flexibility index (Phi) is 6.34. The largest absolute Gasteiger partial charge is 0.320 e. The van der Waals surface area contributed by atoms with E-state index in [-0.39, 0.29) is 0 Å². The van der Waals surface area contributed by atoms with E-state index in [4.69, 9.17) is 0 Å². The van der Waals surface area contributed by atoms with E-state index in [1.165, 1.54) is 10.8 Å².